The number of likely N-dealkylation sites (tertiary alicyclic amines) is 1. The third-order valence-corrected chi connectivity index (χ3v) is 9.78. The molecule has 2 amide bonds. The molecule has 2 heterocycles. The second-order valence-electron chi connectivity index (χ2n) is 12.2. The summed E-state index contributed by atoms with van der Waals surface area (Å²) in [4.78, 5) is 46.2. The normalized spacial score (nSPS) is 17.0. The van der Waals surface area contributed by atoms with Crippen molar-refractivity contribution in [2.24, 2.45) is 5.92 Å². The van der Waals surface area contributed by atoms with Gasteiger partial charge in [-0.1, -0.05) is 72.6 Å². The van der Waals surface area contributed by atoms with Crippen molar-refractivity contribution in [1.29, 1.82) is 0 Å². The number of piperidine rings is 1. The van der Waals surface area contributed by atoms with E-state index in [2.05, 4.69) is 16.3 Å². The quantitative estimate of drug-likeness (QED) is 0.0985. The average Bonchev–Trinajstić information content (AvgIpc) is 3.51. The van der Waals surface area contributed by atoms with Gasteiger partial charge in [0.25, 0.3) is 11.8 Å². The lowest BCUT2D eigenvalue weighted by atomic mass is 9.94. The molecular weight excluding hydrogens is 651 g/mol. The van der Waals surface area contributed by atoms with Crippen LogP contribution in [0.3, 0.4) is 0 Å². The van der Waals surface area contributed by atoms with E-state index in [-0.39, 0.29) is 22.6 Å². The van der Waals surface area contributed by atoms with Crippen molar-refractivity contribution in [3.63, 3.8) is 0 Å². The number of aromatic nitrogens is 1. The molecule has 2 aromatic carbocycles. The van der Waals surface area contributed by atoms with Crippen molar-refractivity contribution in [2.75, 3.05) is 39.6 Å². The molecule has 3 aromatic rings. The second kappa shape index (κ2) is 15.4. The highest BCUT2D eigenvalue weighted by Crippen LogP contribution is 2.46. The van der Waals surface area contributed by atoms with Gasteiger partial charge in [0, 0.05) is 42.4 Å². The number of aryl methyl sites for hydroxylation is 1. The number of likely N-dealkylation sites (N-methyl/N-ethyl adjacent to an activating group) is 1. The van der Waals surface area contributed by atoms with Crippen LogP contribution in [0.25, 0.3) is 22.4 Å². The largest absolute Gasteiger partial charge is 0.481 e. The number of nitrogens with one attached hydrogen (secondary N) is 1. The van der Waals surface area contributed by atoms with Crippen LogP contribution in [0.1, 0.15) is 49.8 Å². The molecule has 1 unspecified atom stereocenters. The van der Waals surface area contributed by atoms with Crippen LogP contribution in [0.5, 0.6) is 5.88 Å². The van der Waals surface area contributed by atoms with Gasteiger partial charge >= 0.3 is 5.97 Å². The molecule has 1 aliphatic heterocycles. The highest BCUT2D eigenvalue weighted by molar-refractivity contribution is 6.40. The van der Waals surface area contributed by atoms with Crippen molar-refractivity contribution in [2.45, 2.75) is 45.1 Å². The maximum Gasteiger partial charge on any atom is 0.306 e. The average molecular weight is 692 g/mol. The molecule has 9 nitrogen and oxygen atoms in total. The zero-order chi connectivity index (χ0) is 34.5. The number of ether oxygens (including phenoxy) is 1. The van der Waals surface area contributed by atoms with E-state index in [1.165, 1.54) is 11.0 Å². The van der Waals surface area contributed by atoms with E-state index < -0.39 is 17.8 Å². The number of carboxylic acid groups (broad SMARTS) is 1. The molecule has 2 N–H and O–H groups in total. The Morgan fingerprint density at radius 2 is 1.71 bits per heavy atom. The number of carbonyl (C=O) groups is 3. The number of rotatable bonds is 10. The number of halogens is 2. The number of carboxylic acids is 1. The predicted octanol–water partition coefficient (Wildman–Crippen LogP) is 7.43. The minimum absolute atomic E-state index is 0.0187. The number of allylic oxidation sites excluding steroid dienone is 3. The lowest BCUT2D eigenvalue weighted by molar-refractivity contribution is -0.143. The molecule has 11 heteroatoms. The van der Waals surface area contributed by atoms with E-state index in [0.717, 1.165) is 43.5 Å². The lowest BCUT2D eigenvalue weighted by Gasteiger charge is -2.35. The van der Waals surface area contributed by atoms with E-state index in [1.807, 2.05) is 37.3 Å². The minimum Gasteiger partial charge on any atom is -0.481 e. The standard InChI is InChI=1S/C37H40Cl2N4O5/c1-5-6-7-10-27(36(45)42(2)3)34(44)40-28-14-9-12-25(33(28)39)24-11-8-13-26(32(24)38)29-21-23-15-16-30(31(23)35(41-29)48-4)43-19-17-22(18-20-43)37(46)47/h6-14,21-22,30H,5,15-20H2,1-4H3,(H,40,44)(H,46,47)/b7-6+,27-10-. The number of methoxy groups -OCH3 is 1. The number of carbonyl (C=O) groups excluding carboxylic acids is 2. The summed E-state index contributed by atoms with van der Waals surface area (Å²) < 4.78 is 5.84. The molecule has 1 aliphatic carbocycles. The van der Waals surface area contributed by atoms with Gasteiger partial charge in [0.05, 0.1) is 34.5 Å². The molecule has 1 atom stereocenters. The Morgan fingerprint density at radius 1 is 1.04 bits per heavy atom. The molecule has 252 valence electrons. The zero-order valence-electron chi connectivity index (χ0n) is 27.6. The summed E-state index contributed by atoms with van der Waals surface area (Å²) in [7, 11) is 4.79. The van der Waals surface area contributed by atoms with Gasteiger partial charge in [-0.3, -0.25) is 19.3 Å². The molecule has 0 bridgehead atoms. The van der Waals surface area contributed by atoms with Gasteiger partial charge in [-0.25, -0.2) is 4.98 Å². The summed E-state index contributed by atoms with van der Waals surface area (Å²) in [5.41, 5.74) is 5.15. The van der Waals surface area contributed by atoms with Crippen molar-refractivity contribution in [3.8, 4) is 28.3 Å². The van der Waals surface area contributed by atoms with Crippen molar-refractivity contribution in [3.05, 3.63) is 87.4 Å². The summed E-state index contributed by atoms with van der Waals surface area (Å²) in [5, 5.41) is 13.0. The predicted molar refractivity (Wildman–Crippen MR) is 190 cm³/mol. The van der Waals surface area contributed by atoms with Gasteiger partial charge in [0.2, 0.25) is 5.88 Å². The van der Waals surface area contributed by atoms with Crippen LogP contribution >= 0.6 is 23.2 Å². The third-order valence-electron chi connectivity index (χ3n) is 8.97. The number of benzene rings is 2. The topological polar surface area (TPSA) is 112 Å². The van der Waals surface area contributed by atoms with Gasteiger partial charge in [-0.05, 0) is 69.0 Å². The molecule has 2 aliphatic rings. The Kier molecular flexibility index (Phi) is 11.2. The number of fused-ring (bicyclic) bond motifs is 1. The summed E-state index contributed by atoms with van der Waals surface area (Å²) in [6.45, 7) is 3.41. The number of anilines is 1. The fourth-order valence-corrected chi connectivity index (χ4v) is 7.05. The maximum absolute atomic E-state index is 13.3. The van der Waals surface area contributed by atoms with Crippen molar-refractivity contribution >= 4 is 46.7 Å². The Morgan fingerprint density at radius 3 is 2.35 bits per heavy atom. The van der Waals surface area contributed by atoms with Crippen LogP contribution in [-0.2, 0) is 20.8 Å². The van der Waals surface area contributed by atoms with Gasteiger partial charge in [0.1, 0.15) is 5.57 Å². The maximum atomic E-state index is 13.3. The first-order valence-electron chi connectivity index (χ1n) is 16.1. The van der Waals surface area contributed by atoms with Crippen LogP contribution in [0.4, 0.5) is 5.69 Å². The molecule has 1 saturated heterocycles. The number of hydrogen-bond donors (Lipinski definition) is 2. The Bertz CT molecular complexity index is 1780. The third kappa shape index (κ3) is 7.28. The smallest absolute Gasteiger partial charge is 0.306 e. The van der Waals surface area contributed by atoms with E-state index in [1.54, 1.807) is 39.4 Å². The summed E-state index contributed by atoms with van der Waals surface area (Å²) in [6.07, 6.45) is 8.82. The molecule has 5 rings (SSSR count). The molecule has 48 heavy (non-hydrogen) atoms. The first-order chi connectivity index (χ1) is 23.0. The van der Waals surface area contributed by atoms with E-state index in [4.69, 9.17) is 32.9 Å². The minimum atomic E-state index is -0.722. The number of hydrogen-bond acceptors (Lipinski definition) is 6. The van der Waals surface area contributed by atoms with Crippen LogP contribution in [0.15, 0.2) is 66.3 Å². The number of pyridine rings is 1. The molecule has 0 saturated carbocycles. The fraction of sp³-hybridized carbons (Fsp3) is 0.351. The zero-order valence-corrected chi connectivity index (χ0v) is 29.1. The van der Waals surface area contributed by atoms with Gasteiger partial charge in [-0.2, -0.15) is 0 Å². The first kappa shape index (κ1) is 35.1. The van der Waals surface area contributed by atoms with Gasteiger partial charge < -0.3 is 20.1 Å². The van der Waals surface area contributed by atoms with Gasteiger partial charge in [0.15, 0.2) is 0 Å². The van der Waals surface area contributed by atoms with Crippen LogP contribution < -0.4 is 10.1 Å². The van der Waals surface area contributed by atoms with E-state index in [9.17, 15) is 19.5 Å². The highest BCUT2D eigenvalue weighted by atomic mass is 35.5. The lowest BCUT2D eigenvalue weighted by Crippen LogP contribution is -2.38. The summed E-state index contributed by atoms with van der Waals surface area (Å²) in [6, 6.07) is 13.1. The number of amides is 2. The molecular formula is C37H40Cl2N4O5. The second-order valence-corrected chi connectivity index (χ2v) is 13.0. The Balaban J connectivity index is 1.45. The van der Waals surface area contributed by atoms with E-state index in [0.29, 0.717) is 51.8 Å². The van der Waals surface area contributed by atoms with Crippen molar-refractivity contribution in [1.82, 2.24) is 14.8 Å². The van der Waals surface area contributed by atoms with E-state index >= 15 is 0 Å². The molecule has 0 spiro atoms. The summed E-state index contributed by atoms with van der Waals surface area (Å²) >= 11 is 14.0. The summed E-state index contributed by atoms with van der Waals surface area (Å²) in [5.74, 6) is -1.48. The van der Waals surface area contributed by atoms with Crippen LogP contribution in [-0.4, -0.2) is 72.0 Å². The fourth-order valence-electron chi connectivity index (χ4n) is 6.45. The molecule has 1 fully saturated rings. The number of aliphatic carboxylic acids is 1. The van der Waals surface area contributed by atoms with Crippen molar-refractivity contribution < 1.29 is 24.2 Å². The Hall–Kier alpha value is -4.18. The number of nitrogens with zero attached hydrogens (tertiary/aromatic N) is 3. The van der Waals surface area contributed by atoms with Crippen LogP contribution in [0, 0.1) is 5.92 Å². The van der Waals surface area contributed by atoms with Crippen LogP contribution in [0.2, 0.25) is 10.0 Å². The first-order valence-corrected chi connectivity index (χ1v) is 16.8. The van der Waals surface area contributed by atoms with Gasteiger partial charge in [-0.15, -0.1) is 0 Å². The monoisotopic (exact) mass is 690 g/mol. The SMILES string of the molecule is CC/C=C/C=C(/C(=O)Nc1cccc(-c2cccc(-c3cc4c(c(OC)n3)C(N3CCC(C(=O)O)CC3)CC4)c2Cl)c1Cl)C(=O)N(C)C. The Labute approximate surface area is 291 Å². The highest BCUT2D eigenvalue weighted by Gasteiger charge is 2.36. The molecule has 1 aromatic heterocycles. The molecule has 0 radical (unpaired) electrons.